The molecule has 27 heavy (non-hydrogen) atoms. The number of amides is 1. The Hall–Kier alpha value is -3.05. The highest BCUT2D eigenvalue weighted by atomic mass is 32.2. The minimum absolute atomic E-state index is 0.0664. The molecule has 0 bridgehead atoms. The standard InChI is InChI=1S/C22H18N2O2S/c1-15-11-12-20-19(13-15)24-22(26-20)17-9-5-6-10-18(17)23-21(25)14-27-16-7-3-2-4-8-16/h2-13H,14H2,1H3,(H,23,25). The largest absolute Gasteiger partial charge is 0.436 e. The van der Waals surface area contributed by atoms with Crippen LogP contribution in [0.25, 0.3) is 22.6 Å². The van der Waals surface area contributed by atoms with Crippen molar-refractivity contribution in [2.75, 3.05) is 11.1 Å². The highest BCUT2D eigenvalue weighted by Crippen LogP contribution is 2.30. The van der Waals surface area contributed by atoms with Crippen LogP contribution < -0.4 is 5.32 Å². The third-order valence-corrected chi connectivity index (χ3v) is 5.10. The van der Waals surface area contributed by atoms with Gasteiger partial charge in [0, 0.05) is 4.90 Å². The normalized spacial score (nSPS) is 10.9. The smallest absolute Gasteiger partial charge is 0.234 e. The van der Waals surface area contributed by atoms with E-state index in [2.05, 4.69) is 10.3 Å². The Balaban J connectivity index is 1.54. The van der Waals surface area contributed by atoms with Crippen molar-refractivity contribution in [2.45, 2.75) is 11.8 Å². The molecule has 4 rings (SSSR count). The number of nitrogens with one attached hydrogen (secondary N) is 1. The van der Waals surface area contributed by atoms with Crippen LogP contribution in [0.4, 0.5) is 5.69 Å². The zero-order valence-electron chi connectivity index (χ0n) is 14.8. The highest BCUT2D eigenvalue weighted by Gasteiger charge is 2.14. The highest BCUT2D eigenvalue weighted by molar-refractivity contribution is 8.00. The predicted octanol–water partition coefficient (Wildman–Crippen LogP) is 5.53. The van der Waals surface area contributed by atoms with Gasteiger partial charge in [-0.15, -0.1) is 11.8 Å². The van der Waals surface area contributed by atoms with Gasteiger partial charge in [-0.3, -0.25) is 4.79 Å². The molecule has 134 valence electrons. The average Bonchev–Trinajstić information content (AvgIpc) is 3.10. The van der Waals surface area contributed by atoms with Gasteiger partial charge in [-0.1, -0.05) is 36.4 Å². The average molecular weight is 374 g/mol. The van der Waals surface area contributed by atoms with Gasteiger partial charge < -0.3 is 9.73 Å². The number of benzene rings is 3. The van der Waals surface area contributed by atoms with E-state index in [4.69, 9.17) is 4.42 Å². The van der Waals surface area contributed by atoms with Gasteiger partial charge in [-0.25, -0.2) is 4.98 Å². The van der Waals surface area contributed by atoms with Gasteiger partial charge >= 0.3 is 0 Å². The molecule has 4 nitrogen and oxygen atoms in total. The first-order chi connectivity index (χ1) is 13.2. The Morgan fingerprint density at radius 3 is 2.67 bits per heavy atom. The van der Waals surface area contributed by atoms with Gasteiger partial charge in [0.25, 0.3) is 0 Å². The predicted molar refractivity (Wildman–Crippen MR) is 110 cm³/mol. The number of fused-ring (bicyclic) bond motifs is 1. The van der Waals surface area contributed by atoms with Crippen molar-refractivity contribution < 1.29 is 9.21 Å². The molecule has 0 radical (unpaired) electrons. The number of aryl methyl sites for hydroxylation is 1. The van der Waals surface area contributed by atoms with Crippen LogP contribution in [0.5, 0.6) is 0 Å². The lowest BCUT2D eigenvalue weighted by Gasteiger charge is -2.08. The SMILES string of the molecule is Cc1ccc2oc(-c3ccccc3NC(=O)CSc3ccccc3)nc2c1. The lowest BCUT2D eigenvalue weighted by Crippen LogP contribution is -2.14. The fraction of sp³-hybridized carbons (Fsp3) is 0.0909. The first-order valence-corrected chi connectivity index (χ1v) is 9.62. The fourth-order valence-corrected chi connectivity index (χ4v) is 3.50. The topological polar surface area (TPSA) is 55.1 Å². The number of rotatable bonds is 5. The van der Waals surface area contributed by atoms with Gasteiger partial charge in [-0.2, -0.15) is 0 Å². The van der Waals surface area contributed by atoms with E-state index in [0.717, 1.165) is 27.1 Å². The summed E-state index contributed by atoms with van der Waals surface area (Å²) in [6.45, 7) is 2.02. The molecule has 1 amide bonds. The molecule has 1 heterocycles. The molecule has 4 aromatic rings. The molecular formula is C22H18N2O2S. The monoisotopic (exact) mass is 374 g/mol. The van der Waals surface area contributed by atoms with Crippen LogP contribution in [0, 0.1) is 6.92 Å². The van der Waals surface area contributed by atoms with Gasteiger partial charge in [-0.05, 0) is 48.9 Å². The van der Waals surface area contributed by atoms with Crippen LogP contribution in [-0.2, 0) is 4.79 Å². The maximum absolute atomic E-state index is 12.4. The molecule has 0 saturated heterocycles. The molecule has 0 fully saturated rings. The molecule has 0 saturated carbocycles. The minimum Gasteiger partial charge on any atom is -0.436 e. The lowest BCUT2D eigenvalue weighted by atomic mass is 10.1. The molecule has 1 N–H and O–H groups in total. The van der Waals surface area contributed by atoms with Crippen molar-refractivity contribution in [3.63, 3.8) is 0 Å². The van der Waals surface area contributed by atoms with Crippen molar-refractivity contribution in [1.29, 1.82) is 0 Å². The summed E-state index contributed by atoms with van der Waals surface area (Å²) in [6.07, 6.45) is 0. The van der Waals surface area contributed by atoms with E-state index in [1.54, 1.807) is 0 Å². The molecule has 0 aliphatic carbocycles. The maximum atomic E-state index is 12.4. The second-order valence-electron chi connectivity index (χ2n) is 6.19. The molecule has 0 spiro atoms. The number of nitrogens with zero attached hydrogens (tertiary/aromatic N) is 1. The number of oxazole rings is 1. The molecule has 0 unspecified atom stereocenters. The van der Waals surface area contributed by atoms with Gasteiger partial charge in [0.2, 0.25) is 11.8 Å². The lowest BCUT2D eigenvalue weighted by molar-refractivity contribution is -0.113. The molecule has 1 aromatic heterocycles. The van der Waals surface area contributed by atoms with E-state index < -0.39 is 0 Å². The number of hydrogen-bond acceptors (Lipinski definition) is 4. The number of hydrogen-bond donors (Lipinski definition) is 1. The molecular weight excluding hydrogens is 356 g/mol. The number of para-hydroxylation sites is 1. The van der Waals surface area contributed by atoms with Gasteiger partial charge in [0.1, 0.15) is 5.52 Å². The van der Waals surface area contributed by atoms with Gasteiger partial charge in [0.05, 0.1) is 17.0 Å². The second kappa shape index (κ2) is 7.68. The van der Waals surface area contributed by atoms with E-state index in [1.165, 1.54) is 11.8 Å². The molecule has 0 atom stereocenters. The summed E-state index contributed by atoms with van der Waals surface area (Å²) in [5.41, 5.74) is 4.13. The second-order valence-corrected chi connectivity index (χ2v) is 7.23. The fourth-order valence-electron chi connectivity index (χ4n) is 2.78. The van der Waals surface area contributed by atoms with Crippen LogP contribution in [0.2, 0.25) is 0 Å². The van der Waals surface area contributed by atoms with Crippen LogP contribution >= 0.6 is 11.8 Å². The summed E-state index contributed by atoms with van der Waals surface area (Å²) in [4.78, 5) is 18.1. The zero-order valence-corrected chi connectivity index (χ0v) is 15.6. The number of aromatic nitrogens is 1. The van der Waals surface area contributed by atoms with E-state index in [0.29, 0.717) is 17.3 Å². The van der Waals surface area contributed by atoms with Crippen LogP contribution in [0.1, 0.15) is 5.56 Å². The van der Waals surface area contributed by atoms with Crippen molar-refractivity contribution in [1.82, 2.24) is 4.98 Å². The Morgan fingerprint density at radius 1 is 1.04 bits per heavy atom. The quantitative estimate of drug-likeness (QED) is 0.466. The Bertz CT molecular complexity index is 1090. The number of anilines is 1. The summed E-state index contributed by atoms with van der Waals surface area (Å²) in [7, 11) is 0. The van der Waals surface area contributed by atoms with Crippen LogP contribution in [0.3, 0.4) is 0 Å². The molecule has 3 aromatic carbocycles. The summed E-state index contributed by atoms with van der Waals surface area (Å²) >= 11 is 1.50. The van der Waals surface area contributed by atoms with Crippen molar-refractivity contribution in [2.24, 2.45) is 0 Å². The number of carbonyl (C=O) groups is 1. The van der Waals surface area contributed by atoms with E-state index in [1.807, 2.05) is 79.7 Å². The van der Waals surface area contributed by atoms with E-state index in [9.17, 15) is 4.79 Å². The number of carbonyl (C=O) groups excluding carboxylic acids is 1. The molecule has 5 heteroatoms. The number of thioether (sulfide) groups is 1. The Morgan fingerprint density at radius 2 is 1.81 bits per heavy atom. The first-order valence-electron chi connectivity index (χ1n) is 8.63. The van der Waals surface area contributed by atoms with Crippen molar-refractivity contribution >= 4 is 34.5 Å². The van der Waals surface area contributed by atoms with Crippen LogP contribution in [-0.4, -0.2) is 16.6 Å². The molecule has 0 aliphatic heterocycles. The summed E-state index contributed by atoms with van der Waals surface area (Å²) < 4.78 is 5.89. The van der Waals surface area contributed by atoms with Crippen LogP contribution in [0.15, 0.2) is 82.1 Å². The summed E-state index contributed by atoms with van der Waals surface area (Å²) in [6, 6.07) is 23.3. The minimum atomic E-state index is -0.0664. The zero-order chi connectivity index (χ0) is 18.6. The Labute approximate surface area is 161 Å². The molecule has 0 aliphatic rings. The van der Waals surface area contributed by atoms with Crippen molar-refractivity contribution in [3.8, 4) is 11.5 Å². The Kier molecular flexibility index (Phi) is 4.94. The van der Waals surface area contributed by atoms with Gasteiger partial charge in [0.15, 0.2) is 5.58 Å². The van der Waals surface area contributed by atoms with E-state index in [-0.39, 0.29) is 5.91 Å². The van der Waals surface area contributed by atoms with Crippen molar-refractivity contribution in [3.05, 3.63) is 78.4 Å². The third-order valence-electron chi connectivity index (χ3n) is 4.09. The third kappa shape index (κ3) is 4.04. The van der Waals surface area contributed by atoms with E-state index >= 15 is 0 Å². The summed E-state index contributed by atoms with van der Waals surface area (Å²) in [5, 5.41) is 2.98. The summed E-state index contributed by atoms with van der Waals surface area (Å²) in [5.74, 6) is 0.774. The first kappa shape index (κ1) is 17.4. The maximum Gasteiger partial charge on any atom is 0.234 e.